The van der Waals surface area contributed by atoms with Gasteiger partial charge in [0.2, 0.25) is 0 Å². The summed E-state index contributed by atoms with van der Waals surface area (Å²) in [6, 6.07) is -4.06. The molecule has 0 saturated heterocycles. The minimum atomic E-state index is -1.40. The van der Waals surface area contributed by atoms with E-state index in [0.717, 1.165) is 0 Å². The molecule has 0 amide bonds. The van der Waals surface area contributed by atoms with Crippen molar-refractivity contribution in [3.05, 3.63) is 43.4 Å². The van der Waals surface area contributed by atoms with E-state index in [1.165, 1.54) is 13.8 Å². The maximum Gasteiger partial charge on any atom is 0.330 e. The molecule has 0 aliphatic carbocycles. The van der Waals surface area contributed by atoms with E-state index >= 15 is 0 Å². The Morgan fingerprint density at radius 1 is 0.765 bits per heavy atom. The second kappa shape index (κ2) is 11.4. The number of nitrogens with one attached hydrogen (secondary N) is 2. The van der Waals surface area contributed by atoms with Crippen molar-refractivity contribution < 1.29 is 37.7 Å². The van der Waals surface area contributed by atoms with Gasteiger partial charge in [0.15, 0.2) is 0 Å². The van der Waals surface area contributed by atoms with Gasteiger partial charge in [-0.05, 0) is 20.3 Å². The van der Waals surface area contributed by atoms with Crippen molar-refractivity contribution in [2.45, 2.75) is 57.7 Å². The molecule has 15 nitrogen and oxygen atoms in total. The number of hydrogen-bond acceptors (Lipinski definition) is 13. The fourth-order valence-corrected chi connectivity index (χ4v) is 2.77. The van der Waals surface area contributed by atoms with Gasteiger partial charge in [-0.15, -0.1) is 0 Å². The van der Waals surface area contributed by atoms with Gasteiger partial charge < -0.3 is 35.7 Å². The summed E-state index contributed by atoms with van der Waals surface area (Å²) >= 11 is 0. The third kappa shape index (κ3) is 6.84. The standard InChI is InChI=1S/C19H25N5O10/c1-7-9(15(26)23-33-7)5-12(21)18(29)31-14(25)4-3-11(20)17(28)32-19(30)13(22)6-10-8(2)34-24-16(10)27/h11-13H,3-6,20-22H2,1-2H3,(H,23,26)(H,24,27)/t11-,12?,13?/m0/s1. The maximum absolute atomic E-state index is 12.0. The third-order valence-electron chi connectivity index (χ3n) is 4.82. The number of H-pyrrole nitrogens is 2. The van der Waals surface area contributed by atoms with E-state index in [2.05, 4.69) is 19.8 Å². The van der Waals surface area contributed by atoms with E-state index in [0.29, 0.717) is 0 Å². The highest BCUT2D eigenvalue weighted by Crippen LogP contribution is 2.07. The van der Waals surface area contributed by atoms with Gasteiger partial charge >= 0.3 is 23.9 Å². The number of hydrogen-bond donors (Lipinski definition) is 5. The van der Waals surface area contributed by atoms with E-state index in [4.69, 9.17) is 26.2 Å². The molecule has 0 aromatic carbocycles. The van der Waals surface area contributed by atoms with Gasteiger partial charge in [-0.3, -0.25) is 14.4 Å². The summed E-state index contributed by atoms with van der Waals surface area (Å²) in [4.78, 5) is 70.9. The molecule has 2 aromatic rings. The lowest BCUT2D eigenvalue weighted by atomic mass is 10.1. The largest absolute Gasteiger partial charge is 0.392 e. The van der Waals surface area contributed by atoms with Crippen molar-refractivity contribution in [3.63, 3.8) is 0 Å². The molecule has 0 saturated carbocycles. The van der Waals surface area contributed by atoms with Gasteiger partial charge in [0.25, 0.3) is 11.1 Å². The molecule has 2 aromatic heterocycles. The zero-order valence-corrected chi connectivity index (χ0v) is 18.4. The van der Waals surface area contributed by atoms with Crippen LogP contribution in [0.3, 0.4) is 0 Å². The van der Waals surface area contributed by atoms with Crippen LogP contribution in [0.2, 0.25) is 0 Å². The second-order valence-corrected chi connectivity index (χ2v) is 7.44. The molecule has 0 fully saturated rings. The predicted molar refractivity (Wildman–Crippen MR) is 111 cm³/mol. The fourth-order valence-electron chi connectivity index (χ4n) is 2.77. The van der Waals surface area contributed by atoms with Crippen molar-refractivity contribution >= 4 is 23.9 Å². The van der Waals surface area contributed by atoms with Crippen LogP contribution in [0.1, 0.15) is 35.5 Å². The number of carbonyl (C=O) groups is 4. The Bertz CT molecular complexity index is 1170. The Labute approximate surface area is 190 Å². The predicted octanol–water partition coefficient (Wildman–Crippen LogP) is -2.45. The first-order valence-electron chi connectivity index (χ1n) is 10.0. The molecule has 0 aliphatic heterocycles. The van der Waals surface area contributed by atoms with Crippen LogP contribution in [0.25, 0.3) is 0 Å². The van der Waals surface area contributed by atoms with E-state index in [1.54, 1.807) is 0 Å². The third-order valence-corrected chi connectivity index (χ3v) is 4.82. The van der Waals surface area contributed by atoms with E-state index < -0.39 is 59.5 Å². The molecule has 2 rings (SSSR count). The first kappa shape index (κ1) is 26.4. The molecule has 3 atom stereocenters. The fraction of sp³-hybridized carbons (Fsp3) is 0.474. The van der Waals surface area contributed by atoms with Gasteiger partial charge in [0, 0.05) is 19.3 Å². The maximum atomic E-state index is 12.0. The highest BCUT2D eigenvalue weighted by Gasteiger charge is 2.27. The summed E-state index contributed by atoms with van der Waals surface area (Å²) in [6.07, 6.45) is -1.24. The molecule has 2 unspecified atom stereocenters. The van der Waals surface area contributed by atoms with Crippen molar-refractivity contribution in [1.82, 2.24) is 10.3 Å². The quantitative estimate of drug-likeness (QED) is 0.174. The highest BCUT2D eigenvalue weighted by molar-refractivity contribution is 5.91. The Morgan fingerprint density at radius 3 is 1.59 bits per heavy atom. The summed E-state index contributed by atoms with van der Waals surface area (Å²) in [6.45, 7) is 2.98. The monoisotopic (exact) mass is 483 g/mol. The van der Waals surface area contributed by atoms with Crippen molar-refractivity contribution in [1.29, 1.82) is 0 Å². The SMILES string of the molecule is Cc1o[nH]c(=O)c1CC(N)C(=O)OC(=O)CC[C@H](N)C(=O)OC(=O)C(N)Cc1c(C)o[nH]c1=O. The normalized spacial score (nSPS) is 13.7. The molecule has 8 N–H and O–H groups in total. The molecular formula is C19H25N5O10. The van der Waals surface area contributed by atoms with Gasteiger partial charge in [-0.1, -0.05) is 0 Å². The Hall–Kier alpha value is -3.82. The number of aryl methyl sites for hydroxylation is 2. The molecule has 15 heteroatoms. The van der Waals surface area contributed by atoms with Crippen LogP contribution >= 0.6 is 0 Å². The molecule has 0 bridgehead atoms. The molecule has 0 spiro atoms. The number of rotatable bonds is 10. The average molecular weight is 483 g/mol. The lowest BCUT2D eigenvalue weighted by molar-refractivity contribution is -0.161. The summed E-state index contributed by atoms with van der Waals surface area (Å²) < 4.78 is 18.8. The first-order chi connectivity index (χ1) is 15.9. The molecule has 0 aliphatic rings. The topological polar surface area (TPSA) is 257 Å². The number of aromatic nitrogens is 2. The van der Waals surface area contributed by atoms with Crippen LogP contribution in [-0.2, 0) is 41.5 Å². The number of ether oxygens (including phenoxy) is 2. The second-order valence-electron chi connectivity index (χ2n) is 7.44. The molecule has 2 heterocycles. The summed E-state index contributed by atoms with van der Waals surface area (Å²) in [5.41, 5.74) is 16.1. The van der Waals surface area contributed by atoms with Crippen molar-refractivity contribution in [2.24, 2.45) is 17.2 Å². The van der Waals surface area contributed by atoms with Crippen LogP contribution in [0, 0.1) is 13.8 Å². The Morgan fingerprint density at radius 2 is 1.18 bits per heavy atom. The number of esters is 4. The zero-order valence-electron chi connectivity index (χ0n) is 18.4. The van der Waals surface area contributed by atoms with Gasteiger partial charge in [0.1, 0.15) is 29.6 Å². The summed E-state index contributed by atoms with van der Waals surface area (Å²) in [7, 11) is 0. The minimum absolute atomic E-state index is 0.124. The highest BCUT2D eigenvalue weighted by atomic mass is 16.6. The molecule has 186 valence electrons. The van der Waals surface area contributed by atoms with Crippen LogP contribution in [0.15, 0.2) is 18.6 Å². The lowest BCUT2D eigenvalue weighted by Crippen LogP contribution is -2.41. The molecular weight excluding hydrogens is 458 g/mol. The van der Waals surface area contributed by atoms with E-state index in [9.17, 15) is 28.8 Å². The van der Waals surface area contributed by atoms with E-state index in [-0.39, 0.29) is 41.9 Å². The lowest BCUT2D eigenvalue weighted by Gasteiger charge is -2.13. The van der Waals surface area contributed by atoms with Gasteiger partial charge in [-0.25, -0.2) is 14.4 Å². The zero-order chi connectivity index (χ0) is 25.6. The van der Waals surface area contributed by atoms with Crippen LogP contribution in [-0.4, -0.2) is 52.3 Å². The van der Waals surface area contributed by atoms with Gasteiger partial charge in [0.05, 0.1) is 11.1 Å². The van der Waals surface area contributed by atoms with Crippen molar-refractivity contribution in [3.8, 4) is 0 Å². The minimum Gasteiger partial charge on any atom is -0.392 e. The van der Waals surface area contributed by atoms with Crippen molar-refractivity contribution in [2.75, 3.05) is 0 Å². The smallest absolute Gasteiger partial charge is 0.330 e. The number of carbonyl (C=O) groups excluding carboxylic acids is 4. The average Bonchev–Trinajstić information content (AvgIpc) is 3.27. The van der Waals surface area contributed by atoms with Crippen LogP contribution in [0.5, 0.6) is 0 Å². The molecule has 34 heavy (non-hydrogen) atoms. The Kier molecular flexibility index (Phi) is 8.83. The summed E-state index contributed by atoms with van der Waals surface area (Å²) in [5, 5.41) is 4.17. The van der Waals surface area contributed by atoms with Crippen LogP contribution < -0.4 is 28.3 Å². The number of aromatic amines is 2. The first-order valence-corrected chi connectivity index (χ1v) is 10.0. The van der Waals surface area contributed by atoms with E-state index in [1.807, 2.05) is 0 Å². The van der Waals surface area contributed by atoms with Gasteiger partial charge in [-0.2, -0.15) is 10.3 Å². The summed E-state index contributed by atoms with van der Waals surface area (Å²) in [5.74, 6) is -3.94. The molecule has 0 radical (unpaired) electrons. The Balaban J connectivity index is 1.77. The van der Waals surface area contributed by atoms with Crippen LogP contribution in [0.4, 0.5) is 0 Å². The number of nitrogens with two attached hydrogens (primary N) is 3.